The van der Waals surface area contributed by atoms with Gasteiger partial charge >= 0.3 is 12.3 Å². The molecule has 0 fully saturated rings. The second-order valence-corrected chi connectivity index (χ2v) is 3.91. The largest absolute Gasteiger partial charge is 0.427 e. The fourth-order valence-electron chi connectivity index (χ4n) is 1.19. The van der Waals surface area contributed by atoms with Gasteiger partial charge in [0.1, 0.15) is 0 Å². The summed E-state index contributed by atoms with van der Waals surface area (Å²) in [4.78, 5) is 21.0. The number of Topliss-reactive ketones (excluding diaryl/α,β-unsaturated/α-hetero) is 1. The van der Waals surface area contributed by atoms with Crippen molar-refractivity contribution in [2.24, 2.45) is 0 Å². The first-order valence-electron chi connectivity index (χ1n) is 4.26. The van der Waals surface area contributed by atoms with E-state index in [1.54, 1.807) is 0 Å². The molecule has 0 saturated heterocycles. The van der Waals surface area contributed by atoms with Crippen molar-refractivity contribution >= 4 is 27.4 Å². The van der Waals surface area contributed by atoms with E-state index in [1.165, 1.54) is 6.07 Å². The summed E-state index contributed by atoms with van der Waals surface area (Å²) in [6, 6.07) is 2.18. The van der Waals surface area contributed by atoms with E-state index in [1.807, 2.05) is 0 Å². The van der Waals surface area contributed by atoms with Crippen molar-refractivity contribution in [1.82, 2.24) is 0 Å². The summed E-state index contributed by atoms with van der Waals surface area (Å²) in [7, 11) is 0. The molecule has 8 heteroatoms. The Labute approximate surface area is 103 Å². The van der Waals surface area contributed by atoms with Crippen molar-refractivity contribution in [1.29, 1.82) is 0 Å². The Morgan fingerprint density at radius 2 is 2.12 bits per heavy atom. The van der Waals surface area contributed by atoms with Crippen molar-refractivity contribution < 1.29 is 23.2 Å². The van der Waals surface area contributed by atoms with Gasteiger partial charge in [-0.15, -0.1) is 0 Å². The number of benzene rings is 1. The van der Waals surface area contributed by atoms with Crippen molar-refractivity contribution in [3.8, 4) is 5.75 Å². The maximum absolute atomic E-state index is 12.1. The molecule has 0 spiro atoms. The summed E-state index contributed by atoms with van der Waals surface area (Å²) < 4.78 is 28.5. The quantitative estimate of drug-likeness (QED) is 0.486. The summed E-state index contributed by atoms with van der Waals surface area (Å²) in [5.41, 5.74) is -0.962. The Balaban J connectivity index is 3.47. The predicted octanol–water partition coefficient (Wildman–Crippen LogP) is 3.16. The van der Waals surface area contributed by atoms with E-state index in [0.717, 1.165) is 13.0 Å². The van der Waals surface area contributed by atoms with E-state index < -0.39 is 28.8 Å². The Hall–Kier alpha value is -1.57. The average molecular weight is 310 g/mol. The molecule has 1 aromatic rings. The highest BCUT2D eigenvalue weighted by Gasteiger charge is 2.25. The van der Waals surface area contributed by atoms with Gasteiger partial charge in [0.05, 0.1) is 10.5 Å². The van der Waals surface area contributed by atoms with E-state index in [4.69, 9.17) is 0 Å². The zero-order chi connectivity index (χ0) is 13.2. The molecule has 0 N–H and O–H groups in total. The topological polar surface area (TPSA) is 69.4 Å². The van der Waals surface area contributed by atoms with Gasteiger partial charge in [-0.05, 0) is 13.0 Å². The molecule has 1 rings (SSSR count). The van der Waals surface area contributed by atoms with Crippen LogP contribution >= 0.6 is 15.9 Å². The third-order valence-corrected chi connectivity index (χ3v) is 2.27. The molecule has 0 unspecified atom stereocenters. The van der Waals surface area contributed by atoms with Crippen LogP contribution in [0.4, 0.5) is 14.5 Å². The second-order valence-electron chi connectivity index (χ2n) is 2.99. The van der Waals surface area contributed by atoms with Crippen LogP contribution in [0, 0.1) is 10.1 Å². The number of nitro groups is 1. The lowest BCUT2D eigenvalue weighted by molar-refractivity contribution is -0.386. The lowest BCUT2D eigenvalue weighted by Crippen LogP contribution is -2.09. The van der Waals surface area contributed by atoms with Gasteiger partial charge < -0.3 is 4.74 Å². The number of halogens is 3. The molecule has 0 bridgehead atoms. The molecule has 0 heterocycles. The number of carbonyl (C=O) groups excluding carboxylic acids is 1. The molecule has 92 valence electrons. The highest BCUT2D eigenvalue weighted by atomic mass is 79.9. The minimum atomic E-state index is -3.24. The van der Waals surface area contributed by atoms with Crippen LogP contribution < -0.4 is 4.74 Å². The molecule has 0 aliphatic rings. The highest BCUT2D eigenvalue weighted by Crippen LogP contribution is 2.35. The maximum Gasteiger partial charge on any atom is 0.387 e. The molecule has 0 aliphatic heterocycles. The van der Waals surface area contributed by atoms with Gasteiger partial charge in [0, 0.05) is 10.5 Å². The second kappa shape index (κ2) is 5.17. The molecular formula is C9H6BrF2NO4. The highest BCUT2D eigenvalue weighted by molar-refractivity contribution is 9.10. The summed E-state index contributed by atoms with van der Waals surface area (Å²) in [6.07, 6.45) is 0. The molecule has 0 aliphatic carbocycles. The Morgan fingerprint density at radius 1 is 1.53 bits per heavy atom. The number of carbonyl (C=O) groups is 1. The number of hydrogen-bond donors (Lipinski definition) is 0. The van der Waals surface area contributed by atoms with Crippen LogP contribution in [0.1, 0.15) is 17.3 Å². The summed E-state index contributed by atoms with van der Waals surface area (Å²) in [6.45, 7) is -2.14. The Bertz CT molecular complexity index is 443. The van der Waals surface area contributed by atoms with Crippen LogP contribution in [0.3, 0.4) is 0 Å². The molecule has 0 amide bonds. The Morgan fingerprint density at radius 3 is 2.53 bits per heavy atom. The first-order chi connectivity index (χ1) is 7.82. The molecule has 0 saturated carbocycles. The van der Waals surface area contributed by atoms with E-state index in [0.29, 0.717) is 0 Å². The fraction of sp³-hybridized carbons (Fsp3) is 0.222. The van der Waals surface area contributed by atoms with Crippen LogP contribution in [0.2, 0.25) is 0 Å². The lowest BCUT2D eigenvalue weighted by Gasteiger charge is -2.09. The van der Waals surface area contributed by atoms with E-state index in [2.05, 4.69) is 20.7 Å². The number of rotatable bonds is 4. The van der Waals surface area contributed by atoms with Crippen molar-refractivity contribution in [2.75, 3.05) is 0 Å². The molecule has 0 aromatic heterocycles. The number of ketones is 1. The standard InChI is InChI=1S/C9H6BrF2NO4/c1-4(14)6-2-5(10)3-7(13(15)16)8(6)17-9(11)12/h2-3,9H,1H3. The molecule has 0 atom stereocenters. The van der Waals surface area contributed by atoms with Crippen molar-refractivity contribution in [2.45, 2.75) is 13.5 Å². The fourth-order valence-corrected chi connectivity index (χ4v) is 1.64. The smallest absolute Gasteiger partial charge is 0.387 e. The first-order valence-corrected chi connectivity index (χ1v) is 5.06. The molecule has 17 heavy (non-hydrogen) atoms. The molecule has 5 nitrogen and oxygen atoms in total. The summed E-state index contributed by atoms with van der Waals surface area (Å²) in [5, 5.41) is 10.7. The minimum Gasteiger partial charge on any atom is -0.427 e. The van der Waals surface area contributed by atoms with Gasteiger partial charge in [-0.25, -0.2) is 0 Å². The summed E-state index contributed by atoms with van der Waals surface area (Å²) >= 11 is 2.95. The minimum absolute atomic E-state index is 0.232. The number of nitrogens with zero attached hydrogens (tertiary/aromatic N) is 1. The van der Waals surface area contributed by atoms with Gasteiger partial charge in [0.25, 0.3) is 0 Å². The van der Waals surface area contributed by atoms with Crippen molar-refractivity contribution in [3.63, 3.8) is 0 Å². The summed E-state index contributed by atoms with van der Waals surface area (Å²) in [5.74, 6) is -1.33. The normalized spacial score (nSPS) is 10.4. The van der Waals surface area contributed by atoms with E-state index in [-0.39, 0.29) is 10.0 Å². The van der Waals surface area contributed by atoms with Crippen LogP contribution in [0.5, 0.6) is 5.75 Å². The zero-order valence-electron chi connectivity index (χ0n) is 8.45. The number of alkyl halides is 2. The Kier molecular flexibility index (Phi) is 4.11. The van der Waals surface area contributed by atoms with E-state index in [9.17, 15) is 23.7 Å². The van der Waals surface area contributed by atoms with E-state index >= 15 is 0 Å². The zero-order valence-corrected chi connectivity index (χ0v) is 10.0. The van der Waals surface area contributed by atoms with Gasteiger partial charge in [0.2, 0.25) is 5.75 Å². The van der Waals surface area contributed by atoms with Crippen molar-refractivity contribution in [3.05, 3.63) is 32.3 Å². The number of nitro benzene ring substituents is 1. The first kappa shape index (κ1) is 13.5. The SMILES string of the molecule is CC(=O)c1cc(Br)cc([N+](=O)[O-])c1OC(F)F. The van der Waals surface area contributed by atoms with Gasteiger partial charge in [-0.1, -0.05) is 15.9 Å². The molecule has 1 aromatic carbocycles. The van der Waals surface area contributed by atoms with Crippen LogP contribution in [0.25, 0.3) is 0 Å². The van der Waals surface area contributed by atoms with Gasteiger partial charge in [0.15, 0.2) is 5.78 Å². The molecular weight excluding hydrogens is 304 g/mol. The average Bonchev–Trinajstić information content (AvgIpc) is 2.18. The third kappa shape index (κ3) is 3.19. The molecule has 0 radical (unpaired) electrons. The predicted molar refractivity (Wildman–Crippen MR) is 57.4 cm³/mol. The van der Waals surface area contributed by atoms with Gasteiger partial charge in [-0.3, -0.25) is 14.9 Å². The third-order valence-electron chi connectivity index (χ3n) is 1.82. The van der Waals surface area contributed by atoms with Crippen LogP contribution in [-0.2, 0) is 0 Å². The van der Waals surface area contributed by atoms with Gasteiger partial charge in [-0.2, -0.15) is 8.78 Å². The number of hydrogen-bond acceptors (Lipinski definition) is 4. The lowest BCUT2D eigenvalue weighted by atomic mass is 10.1. The van der Waals surface area contributed by atoms with Crippen LogP contribution in [0.15, 0.2) is 16.6 Å². The van der Waals surface area contributed by atoms with Crippen LogP contribution in [-0.4, -0.2) is 17.3 Å². The number of ether oxygens (including phenoxy) is 1. The monoisotopic (exact) mass is 309 g/mol. The maximum atomic E-state index is 12.1.